The van der Waals surface area contributed by atoms with Gasteiger partial charge in [-0.1, -0.05) is 34.6 Å². The van der Waals surface area contributed by atoms with Crippen LogP contribution in [0.25, 0.3) is 0 Å². The van der Waals surface area contributed by atoms with Gasteiger partial charge in [-0.3, -0.25) is 0 Å². The molecule has 3 nitrogen and oxygen atoms in total. The van der Waals surface area contributed by atoms with Crippen LogP contribution in [-0.2, 0) is 12.8 Å². The van der Waals surface area contributed by atoms with E-state index in [-0.39, 0.29) is 5.41 Å². The van der Waals surface area contributed by atoms with E-state index in [0.717, 1.165) is 41.2 Å². The lowest BCUT2D eigenvalue weighted by Crippen LogP contribution is -2.15. The fourth-order valence-corrected chi connectivity index (χ4v) is 2.38. The van der Waals surface area contributed by atoms with Gasteiger partial charge in [-0.05, 0) is 40.6 Å². The van der Waals surface area contributed by atoms with Gasteiger partial charge in [0.1, 0.15) is 11.6 Å². The van der Waals surface area contributed by atoms with Crippen LogP contribution in [0.15, 0.2) is 4.47 Å². The van der Waals surface area contributed by atoms with Crippen LogP contribution in [0.1, 0.15) is 53.1 Å². The number of hydrogen-bond donors (Lipinski definition) is 1. The molecule has 1 aromatic heterocycles. The van der Waals surface area contributed by atoms with Gasteiger partial charge in [0, 0.05) is 13.0 Å². The van der Waals surface area contributed by atoms with Gasteiger partial charge in [0.2, 0.25) is 0 Å². The molecule has 4 heteroatoms. The fraction of sp³-hybridized carbons (Fsp3) is 0.733. The van der Waals surface area contributed by atoms with Crippen molar-refractivity contribution in [1.82, 2.24) is 9.97 Å². The number of halogens is 1. The Morgan fingerprint density at radius 1 is 1.21 bits per heavy atom. The molecule has 0 fully saturated rings. The summed E-state index contributed by atoms with van der Waals surface area (Å²) in [5, 5.41) is 3.32. The van der Waals surface area contributed by atoms with E-state index in [0.29, 0.717) is 5.92 Å². The largest absolute Gasteiger partial charge is 0.369 e. The zero-order valence-electron chi connectivity index (χ0n) is 13.0. The molecule has 0 atom stereocenters. The summed E-state index contributed by atoms with van der Waals surface area (Å²) in [6.45, 7) is 14.0. The Morgan fingerprint density at radius 2 is 1.84 bits per heavy atom. The van der Waals surface area contributed by atoms with Crippen LogP contribution in [0, 0.1) is 11.3 Å². The van der Waals surface area contributed by atoms with Crippen LogP contribution in [0.5, 0.6) is 0 Å². The zero-order valence-corrected chi connectivity index (χ0v) is 14.6. The Labute approximate surface area is 125 Å². The number of hydrogen-bond acceptors (Lipinski definition) is 3. The van der Waals surface area contributed by atoms with Crippen molar-refractivity contribution in [1.29, 1.82) is 0 Å². The molecule has 0 aliphatic rings. The number of rotatable bonds is 5. The minimum atomic E-state index is 0.201. The molecule has 0 saturated heterocycles. The number of nitrogens with one attached hydrogen (secondary N) is 1. The average molecular weight is 328 g/mol. The SMILES string of the molecule is CCNc1nc(CC(C)(C)C)nc(CC(C)C)c1Br. The lowest BCUT2D eigenvalue weighted by molar-refractivity contribution is 0.399. The number of aromatic nitrogens is 2. The van der Waals surface area contributed by atoms with Crippen molar-refractivity contribution in [3.05, 3.63) is 16.0 Å². The maximum Gasteiger partial charge on any atom is 0.144 e. The van der Waals surface area contributed by atoms with Gasteiger partial charge in [-0.15, -0.1) is 0 Å². The van der Waals surface area contributed by atoms with Crippen molar-refractivity contribution < 1.29 is 0 Å². The predicted octanol–water partition coefficient (Wildman–Crippen LogP) is 4.46. The van der Waals surface area contributed by atoms with E-state index in [1.807, 2.05) is 0 Å². The highest BCUT2D eigenvalue weighted by Crippen LogP contribution is 2.27. The van der Waals surface area contributed by atoms with Crippen molar-refractivity contribution in [2.75, 3.05) is 11.9 Å². The summed E-state index contributed by atoms with van der Waals surface area (Å²) in [5.74, 6) is 2.44. The molecule has 1 heterocycles. The normalized spacial score (nSPS) is 12.0. The molecule has 108 valence electrons. The van der Waals surface area contributed by atoms with E-state index in [9.17, 15) is 0 Å². The van der Waals surface area contributed by atoms with Gasteiger partial charge < -0.3 is 5.32 Å². The summed E-state index contributed by atoms with van der Waals surface area (Å²) in [7, 11) is 0. The lowest BCUT2D eigenvalue weighted by Gasteiger charge is -2.19. The third kappa shape index (κ3) is 5.47. The Morgan fingerprint density at radius 3 is 2.32 bits per heavy atom. The van der Waals surface area contributed by atoms with Crippen molar-refractivity contribution in [2.24, 2.45) is 11.3 Å². The first-order valence-electron chi connectivity index (χ1n) is 7.02. The fourth-order valence-electron chi connectivity index (χ4n) is 1.90. The first kappa shape index (κ1) is 16.4. The van der Waals surface area contributed by atoms with Gasteiger partial charge in [-0.2, -0.15) is 0 Å². The zero-order chi connectivity index (χ0) is 14.6. The van der Waals surface area contributed by atoms with Crippen molar-refractivity contribution in [3.8, 4) is 0 Å². The second kappa shape index (κ2) is 6.69. The monoisotopic (exact) mass is 327 g/mol. The molecule has 0 aromatic carbocycles. The van der Waals surface area contributed by atoms with E-state index in [4.69, 9.17) is 4.98 Å². The smallest absolute Gasteiger partial charge is 0.144 e. The maximum absolute atomic E-state index is 4.74. The van der Waals surface area contributed by atoms with E-state index in [1.165, 1.54) is 0 Å². The molecular formula is C15H26BrN3. The molecule has 0 aliphatic carbocycles. The molecule has 0 radical (unpaired) electrons. The summed E-state index contributed by atoms with van der Waals surface area (Å²) in [6, 6.07) is 0. The molecule has 1 aromatic rings. The first-order valence-corrected chi connectivity index (χ1v) is 7.81. The molecule has 1 rings (SSSR count). The van der Waals surface area contributed by atoms with Gasteiger partial charge >= 0.3 is 0 Å². The molecule has 1 N–H and O–H groups in total. The second-order valence-electron chi connectivity index (χ2n) is 6.61. The molecule has 19 heavy (non-hydrogen) atoms. The summed E-state index contributed by atoms with van der Waals surface area (Å²) in [4.78, 5) is 9.39. The quantitative estimate of drug-likeness (QED) is 0.867. The van der Waals surface area contributed by atoms with Gasteiger partial charge in [0.05, 0.1) is 10.2 Å². The first-order chi connectivity index (χ1) is 8.73. The van der Waals surface area contributed by atoms with Crippen LogP contribution in [0.2, 0.25) is 0 Å². The highest BCUT2D eigenvalue weighted by atomic mass is 79.9. The molecule has 0 saturated carbocycles. The molecular weight excluding hydrogens is 302 g/mol. The minimum Gasteiger partial charge on any atom is -0.369 e. The molecule has 0 spiro atoms. The Bertz CT molecular complexity index is 422. The Hall–Kier alpha value is -0.640. The van der Waals surface area contributed by atoms with Crippen LogP contribution in [0.4, 0.5) is 5.82 Å². The predicted molar refractivity (Wildman–Crippen MR) is 85.6 cm³/mol. The minimum absolute atomic E-state index is 0.201. The molecule has 0 aliphatic heterocycles. The van der Waals surface area contributed by atoms with E-state index < -0.39 is 0 Å². The van der Waals surface area contributed by atoms with E-state index in [2.05, 4.69) is 67.8 Å². The van der Waals surface area contributed by atoms with Gasteiger partial charge in [-0.25, -0.2) is 9.97 Å². The Kier molecular flexibility index (Phi) is 5.78. The third-order valence-electron chi connectivity index (χ3n) is 2.60. The second-order valence-corrected chi connectivity index (χ2v) is 7.41. The molecule has 0 unspecified atom stereocenters. The number of anilines is 1. The van der Waals surface area contributed by atoms with Crippen LogP contribution < -0.4 is 5.32 Å². The summed E-state index contributed by atoms with van der Waals surface area (Å²) >= 11 is 3.64. The number of nitrogens with zero attached hydrogens (tertiary/aromatic N) is 2. The van der Waals surface area contributed by atoms with E-state index in [1.54, 1.807) is 0 Å². The van der Waals surface area contributed by atoms with Crippen molar-refractivity contribution in [3.63, 3.8) is 0 Å². The highest BCUT2D eigenvalue weighted by Gasteiger charge is 2.18. The third-order valence-corrected chi connectivity index (χ3v) is 3.43. The van der Waals surface area contributed by atoms with Crippen LogP contribution in [-0.4, -0.2) is 16.5 Å². The molecule has 0 amide bonds. The van der Waals surface area contributed by atoms with Crippen LogP contribution >= 0.6 is 15.9 Å². The molecule has 0 bridgehead atoms. The summed E-state index contributed by atoms with van der Waals surface area (Å²) in [6.07, 6.45) is 1.86. The van der Waals surface area contributed by atoms with Gasteiger partial charge in [0.15, 0.2) is 0 Å². The maximum atomic E-state index is 4.74. The van der Waals surface area contributed by atoms with Crippen molar-refractivity contribution >= 4 is 21.7 Å². The summed E-state index contributed by atoms with van der Waals surface area (Å²) < 4.78 is 1.01. The van der Waals surface area contributed by atoms with Gasteiger partial charge in [0.25, 0.3) is 0 Å². The van der Waals surface area contributed by atoms with Crippen molar-refractivity contribution in [2.45, 2.75) is 54.4 Å². The average Bonchev–Trinajstić information content (AvgIpc) is 2.22. The topological polar surface area (TPSA) is 37.8 Å². The Balaban J connectivity index is 3.14. The lowest BCUT2D eigenvalue weighted by atomic mass is 9.92. The standard InChI is InChI=1S/C15H26BrN3/c1-7-17-14-13(16)11(8-10(2)3)18-12(19-14)9-15(4,5)6/h10H,7-9H2,1-6H3,(H,17,18,19). The highest BCUT2D eigenvalue weighted by molar-refractivity contribution is 9.10. The van der Waals surface area contributed by atoms with E-state index >= 15 is 0 Å². The van der Waals surface area contributed by atoms with Crippen LogP contribution in [0.3, 0.4) is 0 Å². The summed E-state index contributed by atoms with van der Waals surface area (Å²) in [5.41, 5.74) is 1.31.